The van der Waals surface area contributed by atoms with E-state index in [2.05, 4.69) is 18.8 Å². The maximum Gasteiger partial charge on any atom is 0.0438 e. The number of hydrogen-bond donors (Lipinski definition) is 1. The highest BCUT2D eigenvalue weighted by Crippen LogP contribution is 2.23. The summed E-state index contributed by atoms with van der Waals surface area (Å²) >= 11 is 0. The number of fused-ring (bicyclic) bond motifs is 1. The Morgan fingerprint density at radius 2 is 1.85 bits per heavy atom. The van der Waals surface area contributed by atoms with E-state index in [1.165, 1.54) is 48.1 Å². The van der Waals surface area contributed by atoms with Gasteiger partial charge in [-0.15, -0.1) is 0 Å². The molecule has 1 aromatic heterocycles. The zero-order valence-electron chi connectivity index (χ0n) is 8.56. The average Bonchev–Trinajstić information content (AvgIpc) is 2.12. The molecular weight excluding hydrogens is 160 g/mol. The molecule has 2 heteroatoms. The van der Waals surface area contributed by atoms with Gasteiger partial charge in [0.2, 0.25) is 0 Å². The van der Waals surface area contributed by atoms with Gasteiger partial charge in [-0.25, -0.2) is 0 Å². The van der Waals surface area contributed by atoms with Crippen molar-refractivity contribution in [1.29, 1.82) is 0 Å². The largest absolute Gasteiger partial charge is 0.344 e. The number of hydrogen-bond acceptors (Lipinski definition) is 2. The third kappa shape index (κ3) is 1.73. The lowest BCUT2D eigenvalue weighted by atomic mass is 9.91. The Labute approximate surface area is 80.0 Å². The zero-order chi connectivity index (χ0) is 8.55. The minimum atomic E-state index is 0. The molecule has 0 saturated carbocycles. The first-order valence-electron chi connectivity index (χ1n) is 4.73. The molecular formula is C11H18N2. The monoisotopic (exact) mass is 178 g/mol. The van der Waals surface area contributed by atoms with Crippen molar-refractivity contribution in [2.45, 2.75) is 39.5 Å². The van der Waals surface area contributed by atoms with E-state index in [1.807, 2.05) is 6.20 Å². The normalized spacial score (nSPS) is 14.6. The van der Waals surface area contributed by atoms with E-state index < -0.39 is 0 Å². The third-order valence-corrected chi connectivity index (χ3v) is 2.90. The van der Waals surface area contributed by atoms with Crippen LogP contribution in [0.4, 0.5) is 0 Å². The lowest BCUT2D eigenvalue weighted by molar-refractivity contribution is 0.662. The third-order valence-electron chi connectivity index (χ3n) is 2.90. The van der Waals surface area contributed by atoms with Gasteiger partial charge in [0.05, 0.1) is 0 Å². The van der Waals surface area contributed by atoms with E-state index in [1.54, 1.807) is 0 Å². The summed E-state index contributed by atoms with van der Waals surface area (Å²) in [6, 6.07) is 0. The molecule has 0 spiro atoms. The van der Waals surface area contributed by atoms with Crippen molar-refractivity contribution in [1.82, 2.24) is 11.1 Å². The Balaban J connectivity index is 0.000000845. The number of rotatable bonds is 0. The zero-order valence-corrected chi connectivity index (χ0v) is 8.56. The number of aryl methyl sites for hydroxylation is 2. The van der Waals surface area contributed by atoms with Gasteiger partial charge in [0.1, 0.15) is 0 Å². The van der Waals surface area contributed by atoms with Crippen LogP contribution >= 0.6 is 0 Å². The summed E-state index contributed by atoms with van der Waals surface area (Å²) in [6.45, 7) is 4.37. The van der Waals surface area contributed by atoms with Crippen LogP contribution in [0.5, 0.6) is 0 Å². The van der Waals surface area contributed by atoms with Crippen LogP contribution in [0.2, 0.25) is 0 Å². The van der Waals surface area contributed by atoms with Crippen molar-refractivity contribution in [3.63, 3.8) is 0 Å². The first kappa shape index (κ1) is 10.2. The van der Waals surface area contributed by atoms with Crippen LogP contribution in [0.25, 0.3) is 0 Å². The van der Waals surface area contributed by atoms with Gasteiger partial charge in [-0.2, -0.15) is 0 Å². The fourth-order valence-electron chi connectivity index (χ4n) is 1.95. The molecule has 1 heterocycles. The molecule has 0 aromatic carbocycles. The smallest absolute Gasteiger partial charge is 0.0438 e. The molecule has 2 rings (SSSR count). The van der Waals surface area contributed by atoms with E-state index in [-0.39, 0.29) is 6.15 Å². The summed E-state index contributed by atoms with van der Waals surface area (Å²) in [7, 11) is 0. The second-order valence-corrected chi connectivity index (χ2v) is 3.70. The second-order valence-electron chi connectivity index (χ2n) is 3.70. The number of pyridine rings is 1. The predicted molar refractivity (Wildman–Crippen MR) is 55.4 cm³/mol. The van der Waals surface area contributed by atoms with Crippen LogP contribution in [0, 0.1) is 13.8 Å². The maximum atomic E-state index is 4.48. The summed E-state index contributed by atoms with van der Waals surface area (Å²) < 4.78 is 0. The van der Waals surface area contributed by atoms with Crippen LogP contribution in [0.1, 0.15) is 35.2 Å². The van der Waals surface area contributed by atoms with Gasteiger partial charge < -0.3 is 6.15 Å². The molecule has 0 bridgehead atoms. The van der Waals surface area contributed by atoms with E-state index in [4.69, 9.17) is 0 Å². The maximum absolute atomic E-state index is 4.48. The molecule has 1 aliphatic rings. The van der Waals surface area contributed by atoms with Gasteiger partial charge >= 0.3 is 0 Å². The molecule has 0 fully saturated rings. The molecule has 0 unspecified atom stereocenters. The van der Waals surface area contributed by atoms with E-state index >= 15 is 0 Å². The van der Waals surface area contributed by atoms with E-state index in [0.29, 0.717) is 0 Å². The van der Waals surface area contributed by atoms with Gasteiger partial charge in [-0.3, -0.25) is 4.98 Å². The van der Waals surface area contributed by atoms with Gasteiger partial charge in [-0.1, -0.05) is 0 Å². The summed E-state index contributed by atoms with van der Waals surface area (Å²) in [6.07, 6.45) is 7.12. The highest BCUT2D eigenvalue weighted by Gasteiger charge is 2.12. The molecule has 0 aliphatic heterocycles. The standard InChI is InChI=1S/C11H15N.H3N/c1-8-7-12-11-6-4-3-5-10(11)9(8)2;/h7H,3-6H2,1-2H3;1H3. The van der Waals surface area contributed by atoms with Crippen LogP contribution in [0.3, 0.4) is 0 Å². The van der Waals surface area contributed by atoms with E-state index in [0.717, 1.165) is 0 Å². The lowest BCUT2D eigenvalue weighted by Crippen LogP contribution is -2.08. The molecule has 0 amide bonds. The van der Waals surface area contributed by atoms with Crippen molar-refractivity contribution in [3.05, 3.63) is 28.6 Å². The first-order valence-corrected chi connectivity index (χ1v) is 4.73. The summed E-state index contributed by atoms with van der Waals surface area (Å²) in [5.74, 6) is 0. The van der Waals surface area contributed by atoms with Crippen LogP contribution in [0.15, 0.2) is 6.20 Å². The molecule has 3 N–H and O–H groups in total. The quantitative estimate of drug-likeness (QED) is 0.664. The molecule has 0 atom stereocenters. The van der Waals surface area contributed by atoms with Crippen molar-refractivity contribution < 1.29 is 0 Å². The van der Waals surface area contributed by atoms with Gasteiger partial charge in [-0.05, 0) is 56.2 Å². The topological polar surface area (TPSA) is 47.9 Å². The fourth-order valence-corrected chi connectivity index (χ4v) is 1.95. The molecule has 0 radical (unpaired) electrons. The molecule has 2 nitrogen and oxygen atoms in total. The molecule has 0 saturated heterocycles. The Morgan fingerprint density at radius 1 is 1.15 bits per heavy atom. The average molecular weight is 178 g/mol. The summed E-state index contributed by atoms with van der Waals surface area (Å²) in [5.41, 5.74) is 5.70. The van der Waals surface area contributed by atoms with Crippen LogP contribution in [-0.2, 0) is 12.8 Å². The highest BCUT2D eigenvalue weighted by molar-refractivity contribution is 5.36. The lowest BCUT2D eigenvalue weighted by Gasteiger charge is -2.17. The Morgan fingerprint density at radius 3 is 2.62 bits per heavy atom. The Kier molecular flexibility index (Phi) is 3.04. The number of nitrogens with zero attached hydrogens (tertiary/aromatic N) is 1. The van der Waals surface area contributed by atoms with Crippen molar-refractivity contribution in [3.8, 4) is 0 Å². The predicted octanol–water partition coefficient (Wildman–Crippen LogP) is 2.74. The Hall–Kier alpha value is -0.890. The van der Waals surface area contributed by atoms with Crippen LogP contribution in [-0.4, -0.2) is 4.98 Å². The van der Waals surface area contributed by atoms with Crippen molar-refractivity contribution >= 4 is 0 Å². The summed E-state index contributed by atoms with van der Waals surface area (Å²) in [4.78, 5) is 4.48. The molecule has 1 aliphatic carbocycles. The van der Waals surface area contributed by atoms with Crippen molar-refractivity contribution in [2.24, 2.45) is 0 Å². The van der Waals surface area contributed by atoms with Gasteiger partial charge in [0, 0.05) is 11.9 Å². The summed E-state index contributed by atoms with van der Waals surface area (Å²) in [5, 5.41) is 0. The fraction of sp³-hybridized carbons (Fsp3) is 0.545. The Bertz CT molecular complexity index is 305. The van der Waals surface area contributed by atoms with Gasteiger partial charge in [0.25, 0.3) is 0 Å². The minimum absolute atomic E-state index is 0. The van der Waals surface area contributed by atoms with Gasteiger partial charge in [0.15, 0.2) is 0 Å². The van der Waals surface area contributed by atoms with E-state index in [9.17, 15) is 0 Å². The SMILES string of the molecule is Cc1cnc2c(c1C)CCCC2.N. The van der Waals surface area contributed by atoms with Crippen molar-refractivity contribution in [2.75, 3.05) is 0 Å². The minimum Gasteiger partial charge on any atom is -0.344 e. The molecule has 72 valence electrons. The van der Waals surface area contributed by atoms with Crippen LogP contribution < -0.4 is 6.15 Å². The second kappa shape index (κ2) is 3.88. The highest BCUT2D eigenvalue weighted by atomic mass is 14.7. The molecule has 13 heavy (non-hydrogen) atoms. The molecule has 1 aromatic rings. The number of aromatic nitrogens is 1. The first-order chi connectivity index (χ1) is 5.79.